The molecule has 0 aliphatic rings. The highest BCUT2D eigenvalue weighted by Crippen LogP contribution is 2.32. The molecule has 0 radical (unpaired) electrons. The van der Waals surface area contributed by atoms with Crippen molar-refractivity contribution in [3.63, 3.8) is 0 Å². The third kappa shape index (κ3) is 3.49. The fourth-order valence-electron chi connectivity index (χ4n) is 3.22. The molecule has 0 bridgehead atoms. The van der Waals surface area contributed by atoms with Gasteiger partial charge in [-0.1, -0.05) is 17.7 Å². The molecule has 0 saturated carbocycles. The Morgan fingerprint density at radius 1 is 0.643 bits per heavy atom. The largest absolute Gasteiger partial charge is 0.497 e. The molecule has 4 rings (SSSR count). The lowest BCUT2D eigenvalue weighted by atomic mass is 10.0. The molecule has 140 valence electrons. The van der Waals surface area contributed by atoms with Crippen LogP contribution in [0.4, 0.5) is 0 Å². The molecule has 0 aliphatic heterocycles. The number of aromatic nitrogens is 2. The van der Waals surface area contributed by atoms with Crippen LogP contribution in [0.3, 0.4) is 0 Å². The maximum Gasteiger partial charge on any atom is 0.285 e. The number of ether oxygens (including phenoxy) is 2. The second kappa shape index (κ2) is 7.61. The topological polar surface area (TPSA) is 48.4 Å². The van der Waals surface area contributed by atoms with Gasteiger partial charge in [-0.05, 0) is 67.6 Å². The second-order valence-electron chi connectivity index (χ2n) is 6.70. The van der Waals surface area contributed by atoms with Crippen LogP contribution in [0, 0.1) is 6.92 Å². The summed E-state index contributed by atoms with van der Waals surface area (Å²) < 4.78 is 10.6. The Morgan fingerprint density at radius 2 is 1.14 bits per heavy atom. The molecule has 3 aromatic carbocycles. The summed E-state index contributed by atoms with van der Waals surface area (Å²) in [6, 6.07) is 24.6. The lowest BCUT2D eigenvalue weighted by Crippen LogP contribution is -2.05. The van der Waals surface area contributed by atoms with Crippen molar-refractivity contribution in [2.24, 2.45) is 0 Å². The minimum atomic E-state index is 0.837. The SMILES string of the molecule is COc1ccc(-c2[nH]c(-c3ccc(C)cc3)[nH+]c2-c2ccc(OC)cc2)cc1. The maximum absolute atomic E-state index is 5.30. The molecule has 0 aliphatic carbocycles. The minimum absolute atomic E-state index is 0.837. The van der Waals surface area contributed by atoms with Crippen molar-refractivity contribution in [3.8, 4) is 45.4 Å². The third-order valence-corrected chi connectivity index (χ3v) is 4.85. The number of methoxy groups -OCH3 is 2. The van der Waals surface area contributed by atoms with Crippen molar-refractivity contribution in [3.05, 3.63) is 78.4 Å². The van der Waals surface area contributed by atoms with Crippen molar-refractivity contribution in [1.29, 1.82) is 0 Å². The van der Waals surface area contributed by atoms with E-state index in [0.29, 0.717) is 0 Å². The standard InChI is InChI=1S/C24H22N2O2/c1-16-4-6-19(7-5-16)24-25-22(17-8-12-20(27-2)13-9-17)23(26-24)18-10-14-21(28-3)15-11-18/h4-15H,1-3H3,(H,25,26)/p+1. The number of hydrogen-bond donors (Lipinski definition) is 1. The van der Waals surface area contributed by atoms with Gasteiger partial charge < -0.3 is 9.47 Å². The van der Waals surface area contributed by atoms with Gasteiger partial charge in [-0.2, -0.15) is 0 Å². The normalized spacial score (nSPS) is 10.7. The van der Waals surface area contributed by atoms with Crippen LogP contribution in [-0.4, -0.2) is 19.2 Å². The van der Waals surface area contributed by atoms with Crippen LogP contribution in [-0.2, 0) is 0 Å². The van der Waals surface area contributed by atoms with Crippen molar-refractivity contribution in [1.82, 2.24) is 4.98 Å². The molecule has 4 aromatic rings. The molecule has 0 unspecified atom stereocenters. The molecular weight excluding hydrogens is 348 g/mol. The number of benzene rings is 3. The van der Waals surface area contributed by atoms with E-state index in [1.165, 1.54) is 5.56 Å². The summed E-state index contributed by atoms with van der Waals surface area (Å²) >= 11 is 0. The van der Waals surface area contributed by atoms with Crippen LogP contribution in [0.2, 0.25) is 0 Å². The van der Waals surface area contributed by atoms with Gasteiger partial charge in [0.25, 0.3) is 5.82 Å². The molecule has 28 heavy (non-hydrogen) atoms. The molecule has 0 atom stereocenters. The number of nitrogens with one attached hydrogen (secondary N) is 2. The van der Waals surface area contributed by atoms with Crippen LogP contribution >= 0.6 is 0 Å². The number of aryl methyl sites for hydroxylation is 1. The Bertz CT molecular complexity index is 998. The van der Waals surface area contributed by atoms with Crippen molar-refractivity contribution in [2.75, 3.05) is 14.2 Å². The van der Waals surface area contributed by atoms with Crippen LogP contribution in [0.5, 0.6) is 11.5 Å². The smallest absolute Gasteiger partial charge is 0.285 e. The summed E-state index contributed by atoms with van der Waals surface area (Å²) in [7, 11) is 3.35. The van der Waals surface area contributed by atoms with E-state index in [4.69, 9.17) is 9.47 Å². The maximum atomic E-state index is 5.30. The van der Waals surface area contributed by atoms with Crippen LogP contribution in [0.25, 0.3) is 33.9 Å². The fourth-order valence-corrected chi connectivity index (χ4v) is 3.22. The molecule has 1 heterocycles. The summed E-state index contributed by atoms with van der Waals surface area (Å²) in [4.78, 5) is 7.14. The lowest BCUT2D eigenvalue weighted by molar-refractivity contribution is -0.349. The van der Waals surface area contributed by atoms with E-state index in [-0.39, 0.29) is 0 Å². The highest BCUT2D eigenvalue weighted by atomic mass is 16.5. The first-order valence-corrected chi connectivity index (χ1v) is 9.19. The van der Waals surface area contributed by atoms with Gasteiger partial charge in [-0.3, -0.25) is 0 Å². The van der Waals surface area contributed by atoms with E-state index in [9.17, 15) is 0 Å². The second-order valence-corrected chi connectivity index (χ2v) is 6.70. The van der Waals surface area contributed by atoms with Crippen LogP contribution in [0.15, 0.2) is 72.8 Å². The predicted octanol–water partition coefficient (Wildman–Crippen LogP) is 5.16. The first-order chi connectivity index (χ1) is 13.7. The van der Waals surface area contributed by atoms with Gasteiger partial charge in [0, 0.05) is 11.1 Å². The van der Waals surface area contributed by atoms with Gasteiger partial charge in [-0.25, -0.2) is 9.97 Å². The molecule has 2 N–H and O–H groups in total. The van der Waals surface area contributed by atoms with E-state index < -0.39 is 0 Å². The quantitative estimate of drug-likeness (QED) is 0.527. The first kappa shape index (κ1) is 17.9. The summed E-state index contributed by atoms with van der Waals surface area (Å²) in [6.07, 6.45) is 0. The molecule has 1 aromatic heterocycles. The number of aromatic amines is 2. The van der Waals surface area contributed by atoms with Crippen molar-refractivity contribution < 1.29 is 14.5 Å². The Hall–Kier alpha value is -3.53. The van der Waals surface area contributed by atoms with Crippen molar-refractivity contribution >= 4 is 0 Å². The number of imidazole rings is 1. The van der Waals surface area contributed by atoms with Gasteiger partial charge in [0.1, 0.15) is 11.5 Å². The van der Waals surface area contributed by atoms with Gasteiger partial charge in [-0.15, -0.1) is 0 Å². The number of H-pyrrole nitrogens is 2. The fraction of sp³-hybridized carbons (Fsp3) is 0.125. The summed E-state index contributed by atoms with van der Waals surface area (Å²) in [5.41, 5.74) is 6.58. The molecule has 4 heteroatoms. The molecule has 4 nitrogen and oxygen atoms in total. The zero-order valence-corrected chi connectivity index (χ0v) is 16.2. The Labute approximate surface area is 164 Å². The average Bonchev–Trinajstić information content (AvgIpc) is 3.20. The summed E-state index contributed by atoms with van der Waals surface area (Å²) in [5, 5.41) is 0. The Balaban J connectivity index is 1.84. The Kier molecular flexibility index (Phi) is 4.85. The number of rotatable bonds is 5. The zero-order chi connectivity index (χ0) is 19.5. The van der Waals surface area contributed by atoms with E-state index in [2.05, 4.69) is 65.4 Å². The molecule has 0 saturated heterocycles. The minimum Gasteiger partial charge on any atom is -0.497 e. The van der Waals surface area contributed by atoms with E-state index in [1.54, 1.807) is 14.2 Å². The average molecular weight is 371 g/mol. The zero-order valence-electron chi connectivity index (χ0n) is 16.2. The lowest BCUT2D eigenvalue weighted by Gasteiger charge is -2.03. The van der Waals surface area contributed by atoms with E-state index in [1.807, 2.05) is 24.3 Å². The predicted molar refractivity (Wildman–Crippen MR) is 111 cm³/mol. The van der Waals surface area contributed by atoms with Gasteiger partial charge >= 0.3 is 0 Å². The molecule has 0 amide bonds. The van der Waals surface area contributed by atoms with Gasteiger partial charge in [0.05, 0.1) is 19.8 Å². The number of hydrogen-bond acceptors (Lipinski definition) is 2. The highest BCUT2D eigenvalue weighted by Gasteiger charge is 2.21. The summed E-state index contributed by atoms with van der Waals surface area (Å²) in [6.45, 7) is 2.09. The summed E-state index contributed by atoms with van der Waals surface area (Å²) in [5.74, 6) is 2.64. The van der Waals surface area contributed by atoms with E-state index >= 15 is 0 Å². The molecule has 0 spiro atoms. The van der Waals surface area contributed by atoms with Crippen LogP contribution < -0.4 is 14.5 Å². The van der Waals surface area contributed by atoms with Gasteiger partial charge in [0.15, 0.2) is 11.4 Å². The highest BCUT2D eigenvalue weighted by molar-refractivity contribution is 5.78. The molecule has 0 fully saturated rings. The van der Waals surface area contributed by atoms with Crippen molar-refractivity contribution in [2.45, 2.75) is 6.92 Å². The molecular formula is C24H23N2O2+. The van der Waals surface area contributed by atoms with E-state index in [0.717, 1.165) is 45.4 Å². The van der Waals surface area contributed by atoms with Crippen LogP contribution in [0.1, 0.15) is 5.56 Å². The Morgan fingerprint density at radius 3 is 1.68 bits per heavy atom. The monoisotopic (exact) mass is 371 g/mol. The first-order valence-electron chi connectivity index (χ1n) is 9.19. The third-order valence-electron chi connectivity index (χ3n) is 4.85. The van der Waals surface area contributed by atoms with Gasteiger partial charge in [0.2, 0.25) is 0 Å².